The molecule has 20 heavy (non-hydrogen) atoms. The quantitative estimate of drug-likeness (QED) is 0.824. The van der Waals surface area contributed by atoms with Gasteiger partial charge in [-0.05, 0) is 23.9 Å². The van der Waals surface area contributed by atoms with Crippen molar-refractivity contribution < 1.29 is 9.53 Å². The van der Waals surface area contributed by atoms with Crippen LogP contribution >= 0.6 is 11.3 Å². The van der Waals surface area contributed by atoms with Crippen LogP contribution in [0.2, 0.25) is 0 Å². The Morgan fingerprint density at radius 2 is 2.00 bits per heavy atom. The van der Waals surface area contributed by atoms with Gasteiger partial charge in [-0.2, -0.15) is 0 Å². The summed E-state index contributed by atoms with van der Waals surface area (Å²) in [5, 5.41) is 5.53. The second kappa shape index (κ2) is 7.22. The Hall–Kier alpha value is -1.65. The molecule has 1 N–H and O–H groups in total. The van der Waals surface area contributed by atoms with Gasteiger partial charge in [-0.25, -0.2) is 0 Å². The fourth-order valence-corrected chi connectivity index (χ4v) is 2.91. The predicted octanol–water partition coefficient (Wildman–Crippen LogP) is 3.70. The number of thiophene rings is 1. The molecule has 2 rings (SSSR count). The highest BCUT2D eigenvalue weighted by molar-refractivity contribution is 7.10. The number of esters is 1. The summed E-state index contributed by atoms with van der Waals surface area (Å²) in [5.41, 5.74) is 1.21. The zero-order chi connectivity index (χ0) is 14.4. The van der Waals surface area contributed by atoms with Crippen molar-refractivity contribution in [2.45, 2.75) is 25.4 Å². The Bertz CT molecular complexity index is 525. The highest BCUT2D eigenvalue weighted by Crippen LogP contribution is 2.26. The molecule has 2 aromatic rings. The van der Waals surface area contributed by atoms with Crippen LogP contribution in [-0.2, 0) is 9.53 Å². The summed E-state index contributed by atoms with van der Waals surface area (Å²) in [6, 6.07) is 14.4. The number of ether oxygens (including phenoxy) is 1. The molecular weight excluding hydrogens is 270 g/mol. The second-order valence-corrected chi connectivity index (χ2v) is 5.63. The van der Waals surface area contributed by atoms with Gasteiger partial charge in [-0.15, -0.1) is 11.3 Å². The molecule has 0 bridgehead atoms. The number of carbonyl (C=O) groups is 1. The molecule has 0 aliphatic heterocycles. The van der Waals surface area contributed by atoms with Crippen molar-refractivity contribution in [1.29, 1.82) is 0 Å². The number of benzene rings is 1. The lowest BCUT2D eigenvalue weighted by Crippen LogP contribution is -2.26. The van der Waals surface area contributed by atoms with Crippen LogP contribution in [0, 0.1) is 0 Å². The molecule has 0 amide bonds. The third-order valence-corrected chi connectivity index (χ3v) is 4.22. The molecule has 0 fully saturated rings. The van der Waals surface area contributed by atoms with Gasteiger partial charge in [-0.1, -0.05) is 36.4 Å². The second-order valence-electron chi connectivity index (χ2n) is 4.65. The fraction of sp³-hybridized carbons (Fsp3) is 0.312. The summed E-state index contributed by atoms with van der Waals surface area (Å²) in [6.07, 6.45) is 0.341. The summed E-state index contributed by atoms with van der Waals surface area (Å²) < 4.78 is 4.79. The summed E-state index contributed by atoms with van der Waals surface area (Å²) in [7, 11) is 1.43. The van der Waals surface area contributed by atoms with E-state index in [1.807, 2.05) is 35.7 Å². The van der Waals surface area contributed by atoms with E-state index in [-0.39, 0.29) is 18.1 Å². The highest BCUT2D eigenvalue weighted by Gasteiger charge is 2.19. The van der Waals surface area contributed by atoms with Crippen LogP contribution in [0.3, 0.4) is 0 Å². The van der Waals surface area contributed by atoms with Crippen molar-refractivity contribution in [1.82, 2.24) is 5.32 Å². The molecule has 2 unspecified atom stereocenters. The first-order valence-electron chi connectivity index (χ1n) is 6.62. The number of carbonyl (C=O) groups excluding carboxylic acids is 1. The largest absolute Gasteiger partial charge is 0.469 e. The third-order valence-electron chi connectivity index (χ3n) is 3.24. The Balaban J connectivity index is 2.09. The number of hydrogen-bond donors (Lipinski definition) is 1. The molecule has 0 aliphatic carbocycles. The molecule has 1 aromatic heterocycles. The molecule has 0 saturated carbocycles. The molecular formula is C16H19NO2S. The van der Waals surface area contributed by atoms with Gasteiger partial charge >= 0.3 is 5.97 Å². The van der Waals surface area contributed by atoms with E-state index >= 15 is 0 Å². The van der Waals surface area contributed by atoms with Crippen LogP contribution in [0.1, 0.15) is 35.9 Å². The van der Waals surface area contributed by atoms with Crippen molar-refractivity contribution in [3.8, 4) is 0 Å². The smallest absolute Gasteiger partial charge is 0.307 e. The van der Waals surface area contributed by atoms with Gasteiger partial charge in [0.25, 0.3) is 0 Å². The van der Waals surface area contributed by atoms with Crippen LogP contribution in [0.15, 0.2) is 47.8 Å². The zero-order valence-corrected chi connectivity index (χ0v) is 12.5. The van der Waals surface area contributed by atoms with Gasteiger partial charge in [0.1, 0.15) is 0 Å². The summed E-state index contributed by atoms with van der Waals surface area (Å²) in [4.78, 5) is 12.7. The molecule has 4 heteroatoms. The average molecular weight is 289 g/mol. The topological polar surface area (TPSA) is 38.3 Å². The fourth-order valence-electron chi connectivity index (χ4n) is 2.12. The predicted molar refractivity (Wildman–Crippen MR) is 81.7 cm³/mol. The summed E-state index contributed by atoms with van der Waals surface area (Å²) in [6.45, 7) is 2.10. The maximum Gasteiger partial charge on any atom is 0.307 e. The van der Waals surface area contributed by atoms with Crippen LogP contribution in [0.5, 0.6) is 0 Å². The van der Waals surface area contributed by atoms with E-state index in [9.17, 15) is 4.79 Å². The monoisotopic (exact) mass is 289 g/mol. The first kappa shape index (κ1) is 14.8. The number of hydrogen-bond acceptors (Lipinski definition) is 4. The first-order valence-corrected chi connectivity index (χ1v) is 7.50. The SMILES string of the molecule is COC(=O)CC(NC(C)c1ccccc1)c1cccs1. The van der Waals surface area contributed by atoms with Gasteiger partial charge < -0.3 is 10.1 Å². The van der Waals surface area contributed by atoms with Crippen molar-refractivity contribution in [3.63, 3.8) is 0 Å². The summed E-state index contributed by atoms with van der Waals surface area (Å²) >= 11 is 1.65. The number of nitrogens with one attached hydrogen (secondary N) is 1. The molecule has 1 aromatic carbocycles. The first-order chi connectivity index (χ1) is 9.70. The molecule has 0 saturated heterocycles. The molecule has 2 atom stereocenters. The molecule has 0 aliphatic rings. The molecule has 0 spiro atoms. The minimum absolute atomic E-state index is 0.0161. The Morgan fingerprint density at radius 1 is 1.25 bits per heavy atom. The zero-order valence-electron chi connectivity index (χ0n) is 11.7. The van der Waals surface area contributed by atoms with Gasteiger partial charge in [-0.3, -0.25) is 4.79 Å². The van der Waals surface area contributed by atoms with E-state index in [1.54, 1.807) is 11.3 Å². The van der Waals surface area contributed by atoms with E-state index in [0.717, 1.165) is 4.88 Å². The highest BCUT2D eigenvalue weighted by atomic mass is 32.1. The minimum Gasteiger partial charge on any atom is -0.469 e. The maximum atomic E-state index is 11.6. The van der Waals surface area contributed by atoms with Crippen LogP contribution < -0.4 is 5.32 Å². The Labute approximate surface area is 123 Å². The van der Waals surface area contributed by atoms with Gasteiger partial charge in [0.15, 0.2) is 0 Å². The number of methoxy groups -OCH3 is 1. The maximum absolute atomic E-state index is 11.6. The van der Waals surface area contributed by atoms with Crippen LogP contribution in [0.4, 0.5) is 0 Å². The average Bonchev–Trinajstić information content (AvgIpc) is 3.01. The number of rotatable bonds is 6. The van der Waals surface area contributed by atoms with E-state index in [2.05, 4.69) is 24.4 Å². The van der Waals surface area contributed by atoms with Crippen molar-refractivity contribution >= 4 is 17.3 Å². The van der Waals surface area contributed by atoms with Gasteiger partial charge in [0, 0.05) is 10.9 Å². The summed E-state index contributed by atoms with van der Waals surface area (Å²) in [5.74, 6) is -0.198. The van der Waals surface area contributed by atoms with Crippen molar-refractivity contribution in [2.75, 3.05) is 7.11 Å². The normalized spacial score (nSPS) is 13.7. The molecule has 0 radical (unpaired) electrons. The van der Waals surface area contributed by atoms with E-state index < -0.39 is 0 Å². The standard InChI is InChI=1S/C16H19NO2S/c1-12(13-7-4-3-5-8-13)17-14(11-16(18)19-2)15-9-6-10-20-15/h3-10,12,14,17H,11H2,1-2H3. The van der Waals surface area contributed by atoms with Gasteiger partial charge in [0.2, 0.25) is 0 Å². The van der Waals surface area contributed by atoms with E-state index in [0.29, 0.717) is 6.42 Å². The van der Waals surface area contributed by atoms with Crippen molar-refractivity contribution in [3.05, 3.63) is 58.3 Å². The lowest BCUT2D eigenvalue weighted by Gasteiger charge is -2.22. The molecule has 1 heterocycles. The molecule has 3 nitrogen and oxygen atoms in total. The van der Waals surface area contributed by atoms with Crippen LogP contribution in [-0.4, -0.2) is 13.1 Å². The van der Waals surface area contributed by atoms with Crippen molar-refractivity contribution in [2.24, 2.45) is 0 Å². The Morgan fingerprint density at radius 3 is 2.60 bits per heavy atom. The minimum atomic E-state index is -0.198. The van der Waals surface area contributed by atoms with E-state index in [4.69, 9.17) is 4.74 Å². The molecule has 106 valence electrons. The lowest BCUT2D eigenvalue weighted by atomic mass is 10.1. The Kier molecular flexibility index (Phi) is 5.32. The van der Waals surface area contributed by atoms with Crippen LogP contribution in [0.25, 0.3) is 0 Å². The van der Waals surface area contributed by atoms with Gasteiger partial charge in [0.05, 0.1) is 19.6 Å². The van der Waals surface area contributed by atoms with E-state index in [1.165, 1.54) is 12.7 Å². The lowest BCUT2D eigenvalue weighted by molar-refractivity contribution is -0.141. The third kappa shape index (κ3) is 3.92.